The van der Waals surface area contributed by atoms with E-state index in [2.05, 4.69) is 10.1 Å². The molecule has 0 unspecified atom stereocenters. The van der Waals surface area contributed by atoms with E-state index in [-0.39, 0.29) is 6.42 Å². The molecule has 0 aliphatic rings. The minimum atomic E-state index is -5.00. The number of aromatic carboxylic acids is 1. The van der Waals surface area contributed by atoms with Crippen molar-refractivity contribution < 1.29 is 32.6 Å². The number of halogens is 4. The molecule has 0 saturated carbocycles. The average Bonchev–Trinajstić information content (AvgIpc) is 2.31. The molecule has 0 atom stereocenters. The quantitative estimate of drug-likeness (QED) is 0.894. The van der Waals surface area contributed by atoms with Gasteiger partial charge in [-0.2, -0.15) is 0 Å². The topological polar surface area (TPSA) is 75.6 Å². The Morgan fingerprint density at radius 2 is 2.00 bits per heavy atom. The second-order valence-corrected chi connectivity index (χ2v) is 3.93. The number of carboxylic acid groups (broad SMARTS) is 1. The minimum absolute atomic E-state index is 0.0287. The SMILES string of the molecule is CCC(=O)Nc1c(OC(F)(F)F)ccc(C(=O)O)c1Cl. The maximum atomic E-state index is 12.2. The maximum absolute atomic E-state index is 12.2. The number of benzene rings is 1. The van der Waals surface area contributed by atoms with Crippen LogP contribution in [0.25, 0.3) is 0 Å². The number of hydrogen-bond acceptors (Lipinski definition) is 3. The molecule has 0 aliphatic carbocycles. The molecule has 9 heteroatoms. The van der Waals surface area contributed by atoms with Gasteiger partial charge in [-0.15, -0.1) is 13.2 Å². The van der Waals surface area contributed by atoms with Crippen molar-refractivity contribution in [2.24, 2.45) is 0 Å². The molecule has 0 aliphatic heterocycles. The fraction of sp³-hybridized carbons (Fsp3) is 0.273. The average molecular weight is 312 g/mol. The van der Waals surface area contributed by atoms with E-state index in [4.69, 9.17) is 16.7 Å². The number of rotatable bonds is 4. The summed E-state index contributed by atoms with van der Waals surface area (Å²) < 4.78 is 40.4. The smallest absolute Gasteiger partial charge is 0.478 e. The van der Waals surface area contributed by atoms with Crippen LogP contribution in [0.3, 0.4) is 0 Å². The van der Waals surface area contributed by atoms with E-state index in [0.717, 1.165) is 12.1 Å². The summed E-state index contributed by atoms with van der Waals surface area (Å²) in [6.45, 7) is 1.47. The molecule has 20 heavy (non-hydrogen) atoms. The van der Waals surface area contributed by atoms with E-state index in [1.165, 1.54) is 6.92 Å². The molecule has 2 N–H and O–H groups in total. The predicted molar refractivity (Wildman–Crippen MR) is 64.0 cm³/mol. The standard InChI is InChI=1S/C11H9ClF3NO4/c1-2-7(17)16-9-6(20-11(13,14)15)4-3-5(8(9)12)10(18)19/h3-4H,2H2,1H3,(H,16,17)(H,18,19). The van der Waals surface area contributed by atoms with Crippen LogP contribution in [0.15, 0.2) is 12.1 Å². The Morgan fingerprint density at radius 3 is 2.45 bits per heavy atom. The van der Waals surface area contributed by atoms with Crippen molar-refractivity contribution in [1.29, 1.82) is 0 Å². The third kappa shape index (κ3) is 4.02. The van der Waals surface area contributed by atoms with Crippen molar-refractivity contribution in [1.82, 2.24) is 0 Å². The van der Waals surface area contributed by atoms with Crippen molar-refractivity contribution in [2.75, 3.05) is 5.32 Å². The lowest BCUT2D eigenvalue weighted by Gasteiger charge is -2.16. The largest absolute Gasteiger partial charge is 0.573 e. The lowest BCUT2D eigenvalue weighted by atomic mass is 10.1. The molecular formula is C11H9ClF3NO4. The normalized spacial score (nSPS) is 11.1. The van der Waals surface area contributed by atoms with E-state index in [1.807, 2.05) is 0 Å². The molecule has 1 rings (SSSR count). The van der Waals surface area contributed by atoms with Gasteiger partial charge in [-0.05, 0) is 12.1 Å². The summed E-state index contributed by atoms with van der Waals surface area (Å²) in [4.78, 5) is 22.1. The first-order chi connectivity index (χ1) is 9.15. The summed E-state index contributed by atoms with van der Waals surface area (Å²) in [6.07, 6.45) is -5.03. The highest BCUT2D eigenvalue weighted by Crippen LogP contribution is 2.38. The second kappa shape index (κ2) is 6.00. The Balaban J connectivity index is 3.33. The first kappa shape index (κ1) is 16.1. The number of hydrogen-bond donors (Lipinski definition) is 2. The van der Waals surface area contributed by atoms with Crippen LogP contribution in [-0.2, 0) is 4.79 Å². The Labute approximate surface area is 116 Å². The summed E-state index contributed by atoms with van der Waals surface area (Å²) in [5.41, 5.74) is -0.983. The van der Waals surface area contributed by atoms with E-state index in [0.29, 0.717) is 0 Å². The van der Waals surface area contributed by atoms with Crippen LogP contribution in [0.5, 0.6) is 5.75 Å². The van der Waals surface area contributed by atoms with Crippen molar-refractivity contribution in [3.8, 4) is 5.75 Å². The van der Waals surface area contributed by atoms with Crippen LogP contribution in [0.2, 0.25) is 5.02 Å². The van der Waals surface area contributed by atoms with Gasteiger partial charge < -0.3 is 15.2 Å². The molecule has 0 radical (unpaired) electrons. The first-order valence-corrected chi connectivity index (χ1v) is 5.65. The molecule has 1 amide bonds. The van der Waals surface area contributed by atoms with Gasteiger partial charge in [0.15, 0.2) is 5.75 Å². The molecule has 0 aromatic heterocycles. The summed E-state index contributed by atoms with van der Waals surface area (Å²) in [7, 11) is 0. The highest BCUT2D eigenvalue weighted by atomic mass is 35.5. The molecule has 1 aromatic rings. The number of carboxylic acids is 1. The summed E-state index contributed by atoms with van der Waals surface area (Å²) in [5, 5.41) is 10.4. The highest BCUT2D eigenvalue weighted by Gasteiger charge is 2.33. The number of anilines is 1. The second-order valence-electron chi connectivity index (χ2n) is 3.55. The molecule has 5 nitrogen and oxygen atoms in total. The first-order valence-electron chi connectivity index (χ1n) is 5.27. The van der Waals surface area contributed by atoms with Gasteiger partial charge in [0.05, 0.1) is 10.6 Å². The van der Waals surface area contributed by atoms with Crippen molar-refractivity contribution in [3.05, 3.63) is 22.7 Å². The number of alkyl halides is 3. The van der Waals surface area contributed by atoms with Gasteiger partial charge in [0.25, 0.3) is 0 Å². The number of nitrogens with one attached hydrogen (secondary N) is 1. The van der Waals surface area contributed by atoms with Crippen molar-refractivity contribution >= 4 is 29.2 Å². The molecular weight excluding hydrogens is 303 g/mol. The fourth-order valence-corrected chi connectivity index (χ4v) is 1.56. The van der Waals surface area contributed by atoms with Gasteiger partial charge in [-0.25, -0.2) is 4.79 Å². The zero-order chi connectivity index (χ0) is 15.5. The van der Waals surface area contributed by atoms with Crippen LogP contribution < -0.4 is 10.1 Å². The van der Waals surface area contributed by atoms with Crippen LogP contribution in [0.1, 0.15) is 23.7 Å². The Kier molecular flexibility index (Phi) is 4.83. The molecule has 1 aromatic carbocycles. The van der Waals surface area contributed by atoms with Crippen LogP contribution >= 0.6 is 11.6 Å². The van der Waals surface area contributed by atoms with Gasteiger partial charge in [-0.3, -0.25) is 4.79 Å². The monoisotopic (exact) mass is 311 g/mol. The Morgan fingerprint density at radius 1 is 1.40 bits per heavy atom. The van der Waals surface area contributed by atoms with Crippen molar-refractivity contribution in [2.45, 2.75) is 19.7 Å². The number of amides is 1. The van der Waals surface area contributed by atoms with Crippen LogP contribution in [-0.4, -0.2) is 23.3 Å². The molecule has 0 spiro atoms. The highest BCUT2D eigenvalue weighted by molar-refractivity contribution is 6.37. The summed E-state index contributed by atoms with van der Waals surface area (Å²) >= 11 is 5.70. The van der Waals surface area contributed by atoms with E-state index in [9.17, 15) is 22.8 Å². The molecule has 110 valence electrons. The third-order valence-electron chi connectivity index (χ3n) is 2.15. The number of ether oxygens (including phenoxy) is 1. The number of carbonyl (C=O) groups is 2. The number of carbonyl (C=O) groups excluding carboxylic acids is 1. The molecule has 0 fully saturated rings. The third-order valence-corrected chi connectivity index (χ3v) is 2.54. The zero-order valence-corrected chi connectivity index (χ0v) is 10.8. The maximum Gasteiger partial charge on any atom is 0.573 e. The van der Waals surface area contributed by atoms with Gasteiger partial charge in [0.1, 0.15) is 5.69 Å². The van der Waals surface area contributed by atoms with Gasteiger partial charge in [0, 0.05) is 6.42 Å². The van der Waals surface area contributed by atoms with Crippen LogP contribution in [0.4, 0.5) is 18.9 Å². The van der Waals surface area contributed by atoms with Gasteiger partial charge in [-0.1, -0.05) is 18.5 Å². The van der Waals surface area contributed by atoms with Crippen LogP contribution in [0, 0.1) is 0 Å². The van der Waals surface area contributed by atoms with E-state index >= 15 is 0 Å². The summed E-state index contributed by atoms with van der Waals surface area (Å²) in [5.74, 6) is -2.86. The van der Waals surface area contributed by atoms with E-state index < -0.39 is 40.3 Å². The zero-order valence-electron chi connectivity index (χ0n) is 10.0. The Hall–Kier alpha value is -1.96. The van der Waals surface area contributed by atoms with E-state index in [1.54, 1.807) is 0 Å². The fourth-order valence-electron chi connectivity index (χ4n) is 1.28. The lowest BCUT2D eigenvalue weighted by Crippen LogP contribution is -2.20. The summed E-state index contributed by atoms with van der Waals surface area (Å²) in [6, 6.07) is 1.63. The van der Waals surface area contributed by atoms with Gasteiger partial charge >= 0.3 is 12.3 Å². The van der Waals surface area contributed by atoms with Crippen molar-refractivity contribution in [3.63, 3.8) is 0 Å². The molecule has 0 bridgehead atoms. The predicted octanol–water partition coefficient (Wildman–Crippen LogP) is 3.29. The molecule has 0 saturated heterocycles. The van der Waals surface area contributed by atoms with Gasteiger partial charge in [0.2, 0.25) is 5.91 Å². The Bertz CT molecular complexity index is 545. The molecule has 0 heterocycles. The lowest BCUT2D eigenvalue weighted by molar-refractivity contribution is -0.274. The minimum Gasteiger partial charge on any atom is -0.478 e.